The van der Waals surface area contributed by atoms with Crippen molar-refractivity contribution in [3.05, 3.63) is 82.9 Å². The van der Waals surface area contributed by atoms with Crippen molar-refractivity contribution in [2.45, 2.75) is 219 Å². The van der Waals surface area contributed by atoms with Crippen LogP contribution in [0.1, 0.15) is 242 Å². The van der Waals surface area contributed by atoms with E-state index < -0.39 is 0 Å². The van der Waals surface area contributed by atoms with Crippen LogP contribution in [0.3, 0.4) is 0 Å². The minimum atomic E-state index is 0.422. The summed E-state index contributed by atoms with van der Waals surface area (Å²) in [6, 6.07) is 23.9. The number of hydrogen-bond acceptors (Lipinski definition) is 6. The highest BCUT2D eigenvalue weighted by atomic mass is 16.5. The topological polar surface area (TPSA) is 84.5 Å². The fourth-order valence-electron chi connectivity index (χ4n) is 8.99. The summed E-state index contributed by atoms with van der Waals surface area (Å²) in [4.78, 5) is 0. The second-order valence-electron chi connectivity index (χ2n) is 19.0. The van der Waals surface area contributed by atoms with Crippen molar-refractivity contribution in [2.75, 3.05) is 27.4 Å². The van der Waals surface area contributed by atoms with Crippen LogP contribution in [0.4, 0.5) is 0 Å². The maximum atomic E-state index is 10.3. The number of unbranched alkanes of at least 4 members (excludes halogenated alkanes) is 30. The monoisotopic (exact) mass is 929 g/mol. The highest BCUT2D eigenvalue weighted by Crippen LogP contribution is 2.38. The Labute approximate surface area is 415 Å². The van der Waals surface area contributed by atoms with Crippen LogP contribution < -0.4 is 18.9 Å². The lowest BCUT2D eigenvalue weighted by Gasteiger charge is -2.15. The molecule has 0 saturated carbocycles. The van der Waals surface area contributed by atoms with Gasteiger partial charge in [-0.15, -0.1) is 0 Å². The van der Waals surface area contributed by atoms with Gasteiger partial charge in [-0.1, -0.05) is 231 Å². The second kappa shape index (κ2) is 39.2. The zero-order valence-electron chi connectivity index (χ0n) is 43.5. The normalized spacial score (nSPS) is 11.6. The Morgan fingerprint density at radius 2 is 0.632 bits per heavy atom. The Morgan fingerprint density at radius 3 is 0.868 bits per heavy atom. The molecule has 0 N–H and O–H groups in total. The van der Waals surface area contributed by atoms with Gasteiger partial charge in [-0.3, -0.25) is 0 Å². The van der Waals surface area contributed by atoms with E-state index in [1.54, 1.807) is 26.4 Å². The second-order valence-corrected chi connectivity index (χ2v) is 19.0. The number of methoxy groups -OCH3 is 2. The van der Waals surface area contributed by atoms with Crippen molar-refractivity contribution in [2.24, 2.45) is 0 Å². The van der Waals surface area contributed by atoms with Crippen LogP contribution in [0.25, 0.3) is 23.3 Å². The molecule has 0 aliphatic heterocycles. The summed E-state index contributed by atoms with van der Waals surface area (Å²) < 4.78 is 23.7. The highest BCUT2D eigenvalue weighted by Gasteiger charge is 2.18. The van der Waals surface area contributed by atoms with E-state index >= 15 is 0 Å². The number of hydrogen-bond donors (Lipinski definition) is 0. The molecule has 68 heavy (non-hydrogen) atoms. The Balaban J connectivity index is 1.38. The zero-order chi connectivity index (χ0) is 48.5. The molecule has 3 aromatic carbocycles. The fourth-order valence-corrected chi connectivity index (χ4v) is 8.99. The smallest absolute Gasteiger partial charge is 0.128 e. The number of benzene rings is 3. The summed E-state index contributed by atoms with van der Waals surface area (Å²) in [6.45, 7) is 5.98. The quantitative estimate of drug-likeness (QED) is 0.0320. The summed E-state index contributed by atoms with van der Waals surface area (Å²) >= 11 is 0. The minimum Gasteiger partial charge on any atom is -0.496 e. The van der Waals surface area contributed by atoms with Gasteiger partial charge in [0, 0.05) is 11.1 Å². The van der Waals surface area contributed by atoms with Gasteiger partial charge in [-0.2, -0.15) is 10.5 Å². The summed E-state index contributed by atoms with van der Waals surface area (Å²) in [5, 5.41) is 20.6. The van der Waals surface area contributed by atoms with Crippen molar-refractivity contribution >= 4 is 23.3 Å². The molecule has 0 heterocycles. The van der Waals surface area contributed by atoms with E-state index in [9.17, 15) is 10.5 Å². The Hall–Kier alpha value is -4.68. The maximum Gasteiger partial charge on any atom is 0.128 e. The predicted octanol–water partition coefficient (Wildman–Crippen LogP) is 19.1. The molecule has 6 nitrogen and oxygen atoms in total. The van der Waals surface area contributed by atoms with Crippen LogP contribution in [0.15, 0.2) is 60.7 Å². The van der Waals surface area contributed by atoms with Crippen LogP contribution in [0, 0.1) is 22.7 Å². The molecule has 0 aliphatic carbocycles. The average molecular weight is 929 g/mol. The molecule has 3 rings (SSSR count). The third kappa shape index (κ3) is 25.6. The lowest BCUT2D eigenvalue weighted by molar-refractivity contribution is 0.304. The summed E-state index contributed by atoms with van der Waals surface area (Å²) in [7, 11) is 3.15. The zero-order valence-corrected chi connectivity index (χ0v) is 43.5. The first kappa shape index (κ1) is 57.6. The van der Waals surface area contributed by atoms with E-state index in [0.29, 0.717) is 47.0 Å². The molecule has 374 valence electrons. The molecule has 0 bridgehead atoms. The van der Waals surface area contributed by atoms with Crippen molar-refractivity contribution in [3.8, 4) is 35.1 Å². The summed E-state index contributed by atoms with van der Waals surface area (Å²) in [5.74, 6) is 2.61. The van der Waals surface area contributed by atoms with Crippen LogP contribution in [-0.2, 0) is 0 Å². The first-order chi connectivity index (χ1) is 33.6. The van der Waals surface area contributed by atoms with Gasteiger partial charge in [-0.05, 0) is 72.5 Å². The Kier molecular flexibility index (Phi) is 33.2. The van der Waals surface area contributed by atoms with Gasteiger partial charge in [-0.25, -0.2) is 0 Å². The van der Waals surface area contributed by atoms with Crippen LogP contribution >= 0.6 is 0 Å². The highest BCUT2D eigenvalue weighted by molar-refractivity contribution is 5.96. The number of nitriles is 2. The molecular formula is C62H92N2O4. The summed E-state index contributed by atoms with van der Waals surface area (Å²) in [6.07, 6.45) is 46.9. The van der Waals surface area contributed by atoms with Crippen molar-refractivity contribution in [1.29, 1.82) is 10.5 Å². The van der Waals surface area contributed by atoms with E-state index in [1.807, 2.05) is 60.7 Å². The maximum absolute atomic E-state index is 10.3. The molecule has 3 aromatic rings. The molecular weight excluding hydrogens is 837 g/mol. The number of rotatable bonds is 42. The van der Waals surface area contributed by atoms with E-state index in [-0.39, 0.29) is 0 Å². The van der Waals surface area contributed by atoms with E-state index in [4.69, 9.17) is 18.9 Å². The molecule has 0 saturated heterocycles. The number of nitrogens with zero attached hydrogens (tertiary/aromatic N) is 2. The van der Waals surface area contributed by atoms with Gasteiger partial charge in [0.2, 0.25) is 0 Å². The number of ether oxygens (including phenoxy) is 4. The van der Waals surface area contributed by atoms with Gasteiger partial charge >= 0.3 is 0 Å². The minimum absolute atomic E-state index is 0.422. The molecule has 0 spiro atoms. The predicted molar refractivity (Wildman–Crippen MR) is 289 cm³/mol. The lowest BCUT2D eigenvalue weighted by Crippen LogP contribution is -1.98. The van der Waals surface area contributed by atoms with E-state index in [0.717, 1.165) is 35.5 Å². The van der Waals surface area contributed by atoms with Crippen LogP contribution in [0.5, 0.6) is 23.0 Å². The first-order valence-electron chi connectivity index (χ1n) is 27.5. The van der Waals surface area contributed by atoms with Crippen molar-refractivity contribution in [3.63, 3.8) is 0 Å². The van der Waals surface area contributed by atoms with E-state index in [2.05, 4.69) is 26.0 Å². The molecule has 0 amide bonds. The van der Waals surface area contributed by atoms with E-state index in [1.165, 1.54) is 193 Å². The SMILES string of the molecule is CCCCCCCCCCCCCCCCCCOc1ccc(/C=C(\C#N)c2cc(OC)c(/C(C#N)=C/c3ccc(OCCCCCCCCCCCCCCCCCC)cc3)cc2OC)cc1. The number of allylic oxidation sites excluding steroid dienone is 2. The largest absolute Gasteiger partial charge is 0.496 e. The van der Waals surface area contributed by atoms with Gasteiger partial charge in [0.05, 0.1) is 50.7 Å². The molecule has 0 aromatic heterocycles. The summed E-state index contributed by atoms with van der Waals surface area (Å²) in [5.41, 5.74) is 3.76. The fraction of sp³-hybridized carbons (Fsp3) is 0.613. The van der Waals surface area contributed by atoms with Gasteiger partial charge in [0.15, 0.2) is 0 Å². The standard InChI is InChI=1S/C62H92N2O4/c1-5-7-9-11-13-15-17-19-21-23-25-27-29-31-33-35-45-67-57-41-37-53(38-42-57)47-55(51-63)59-49-62(66-4)60(50-61(59)65-3)56(52-64)48-54-39-43-58(44-40-54)68-46-36-34-32-30-28-26-24-22-20-18-16-14-12-10-8-6-2/h37-44,47-50H,5-36,45-46H2,1-4H3/b55-47+,56-48+. The Bertz CT molecular complexity index is 1730. The van der Waals surface area contributed by atoms with Crippen molar-refractivity contribution < 1.29 is 18.9 Å². The average Bonchev–Trinajstić information content (AvgIpc) is 3.37. The first-order valence-corrected chi connectivity index (χ1v) is 27.5. The van der Waals surface area contributed by atoms with Gasteiger partial charge < -0.3 is 18.9 Å². The molecule has 6 heteroatoms. The molecule has 0 aliphatic rings. The Morgan fingerprint density at radius 1 is 0.382 bits per heavy atom. The molecule has 0 atom stereocenters. The van der Waals surface area contributed by atoms with Gasteiger partial charge in [0.25, 0.3) is 0 Å². The van der Waals surface area contributed by atoms with Crippen molar-refractivity contribution in [1.82, 2.24) is 0 Å². The van der Waals surface area contributed by atoms with Crippen LogP contribution in [-0.4, -0.2) is 27.4 Å². The van der Waals surface area contributed by atoms with Gasteiger partial charge in [0.1, 0.15) is 23.0 Å². The third-order valence-electron chi connectivity index (χ3n) is 13.3. The molecule has 0 fully saturated rings. The third-order valence-corrected chi connectivity index (χ3v) is 13.3. The molecule has 0 unspecified atom stereocenters. The lowest BCUT2D eigenvalue weighted by atomic mass is 9.96. The molecule has 0 radical (unpaired) electrons. The van der Waals surface area contributed by atoms with Crippen LogP contribution in [0.2, 0.25) is 0 Å².